The van der Waals surface area contributed by atoms with Gasteiger partial charge in [-0.05, 0) is 55.3 Å². The van der Waals surface area contributed by atoms with Crippen LogP contribution in [-0.2, 0) is 0 Å². The molecule has 0 aliphatic rings. The summed E-state index contributed by atoms with van der Waals surface area (Å²) in [5, 5.41) is 22.8. The van der Waals surface area contributed by atoms with Crippen LogP contribution in [0, 0.1) is 13.8 Å². The number of rotatable bonds is 5. The Hall–Kier alpha value is -3.60. The number of carboxylic acids is 1. The predicted molar refractivity (Wildman–Crippen MR) is 104 cm³/mol. The lowest BCUT2D eigenvalue weighted by molar-refractivity contribution is 0.0692. The molecule has 0 amide bonds. The predicted octanol–water partition coefficient (Wildman–Crippen LogP) is 4.68. The van der Waals surface area contributed by atoms with Gasteiger partial charge >= 0.3 is 5.97 Å². The topological polar surface area (TPSA) is 86.6 Å². The average molecular weight is 361 g/mol. The van der Waals surface area contributed by atoms with Crippen LogP contribution in [0.25, 0.3) is 0 Å². The van der Waals surface area contributed by atoms with Crippen LogP contribution in [0.5, 0.6) is 5.75 Å². The summed E-state index contributed by atoms with van der Waals surface area (Å²) in [5.41, 5.74) is 3.80. The van der Waals surface area contributed by atoms with E-state index < -0.39 is 11.8 Å². The van der Waals surface area contributed by atoms with Gasteiger partial charge in [0.2, 0.25) is 0 Å². The molecule has 3 N–H and O–H groups in total. The van der Waals surface area contributed by atoms with Gasteiger partial charge in [-0.3, -0.25) is 4.79 Å². The third kappa shape index (κ3) is 3.82. The molecule has 136 valence electrons. The Balaban J connectivity index is 1.90. The van der Waals surface area contributed by atoms with Crippen LogP contribution in [0.15, 0.2) is 60.7 Å². The number of ketones is 1. The number of benzene rings is 3. The second-order valence-electron chi connectivity index (χ2n) is 6.34. The van der Waals surface area contributed by atoms with Crippen molar-refractivity contribution in [3.63, 3.8) is 0 Å². The summed E-state index contributed by atoms with van der Waals surface area (Å²) in [6, 6.07) is 16.5. The molecule has 0 saturated heterocycles. The largest absolute Gasteiger partial charge is 0.507 e. The van der Waals surface area contributed by atoms with Crippen molar-refractivity contribution in [2.24, 2.45) is 0 Å². The fourth-order valence-corrected chi connectivity index (χ4v) is 2.80. The van der Waals surface area contributed by atoms with Gasteiger partial charge in [0.05, 0.1) is 11.1 Å². The number of anilines is 2. The van der Waals surface area contributed by atoms with E-state index in [4.69, 9.17) is 0 Å². The summed E-state index contributed by atoms with van der Waals surface area (Å²) >= 11 is 0. The summed E-state index contributed by atoms with van der Waals surface area (Å²) in [6.07, 6.45) is 0. The number of carboxylic acid groups (broad SMARTS) is 1. The van der Waals surface area contributed by atoms with Gasteiger partial charge in [0.25, 0.3) is 0 Å². The van der Waals surface area contributed by atoms with Crippen LogP contribution in [0.2, 0.25) is 0 Å². The Morgan fingerprint density at radius 3 is 2.04 bits per heavy atom. The summed E-state index contributed by atoms with van der Waals surface area (Å²) in [7, 11) is 0. The molecule has 0 heterocycles. The van der Waals surface area contributed by atoms with E-state index in [-0.39, 0.29) is 22.4 Å². The van der Waals surface area contributed by atoms with Gasteiger partial charge in [-0.1, -0.05) is 24.3 Å². The number of phenols is 1. The molecule has 5 heteroatoms. The SMILES string of the molecule is Cc1ccc(Nc2ccc(C(=O)c3ccccc3C(=O)O)c(O)c2)cc1C. The molecule has 3 aromatic rings. The molecule has 0 unspecified atom stereocenters. The smallest absolute Gasteiger partial charge is 0.336 e. The molecule has 0 aliphatic carbocycles. The minimum Gasteiger partial charge on any atom is -0.507 e. The number of phenolic OH excluding ortho intramolecular Hbond substituents is 1. The second kappa shape index (κ2) is 7.33. The Morgan fingerprint density at radius 2 is 1.41 bits per heavy atom. The van der Waals surface area contributed by atoms with Gasteiger partial charge in [-0.25, -0.2) is 4.79 Å². The van der Waals surface area contributed by atoms with Crippen LogP contribution in [0.1, 0.15) is 37.4 Å². The van der Waals surface area contributed by atoms with E-state index in [2.05, 4.69) is 5.32 Å². The lowest BCUT2D eigenvalue weighted by Crippen LogP contribution is -2.09. The van der Waals surface area contributed by atoms with Crippen molar-refractivity contribution in [2.45, 2.75) is 13.8 Å². The van der Waals surface area contributed by atoms with Crippen molar-refractivity contribution in [1.82, 2.24) is 0 Å². The first-order valence-electron chi connectivity index (χ1n) is 8.41. The zero-order valence-corrected chi connectivity index (χ0v) is 15.0. The highest BCUT2D eigenvalue weighted by molar-refractivity contribution is 6.15. The van der Waals surface area contributed by atoms with E-state index in [9.17, 15) is 19.8 Å². The Labute approximate surface area is 156 Å². The van der Waals surface area contributed by atoms with Crippen LogP contribution >= 0.6 is 0 Å². The van der Waals surface area contributed by atoms with E-state index in [0.29, 0.717) is 5.69 Å². The molecule has 5 nitrogen and oxygen atoms in total. The van der Waals surface area contributed by atoms with E-state index in [1.54, 1.807) is 18.2 Å². The molecular formula is C22H19NO4. The minimum atomic E-state index is -1.19. The van der Waals surface area contributed by atoms with Crippen molar-refractivity contribution >= 4 is 23.1 Å². The van der Waals surface area contributed by atoms with Gasteiger partial charge in [-0.15, -0.1) is 0 Å². The first-order chi connectivity index (χ1) is 12.9. The molecule has 0 bridgehead atoms. The van der Waals surface area contributed by atoms with Gasteiger partial charge in [0.15, 0.2) is 5.78 Å². The Kier molecular flexibility index (Phi) is 4.94. The standard InChI is InChI=1S/C22H19NO4/c1-13-7-8-15(11-14(13)2)23-16-9-10-19(20(24)12-16)21(25)17-5-3-4-6-18(17)22(26)27/h3-12,23-24H,1-2H3,(H,26,27). The van der Waals surface area contributed by atoms with Crippen LogP contribution in [-0.4, -0.2) is 22.0 Å². The maximum absolute atomic E-state index is 12.7. The zero-order valence-electron chi connectivity index (χ0n) is 15.0. The highest BCUT2D eigenvalue weighted by Crippen LogP contribution is 2.28. The van der Waals surface area contributed by atoms with Gasteiger partial charge in [0.1, 0.15) is 5.75 Å². The number of nitrogens with one attached hydrogen (secondary N) is 1. The number of carbonyl (C=O) groups is 2. The quantitative estimate of drug-likeness (QED) is 0.574. The van der Waals surface area contributed by atoms with Crippen molar-refractivity contribution in [3.8, 4) is 5.75 Å². The lowest BCUT2D eigenvalue weighted by atomic mass is 9.97. The van der Waals surface area contributed by atoms with E-state index in [1.807, 2.05) is 32.0 Å². The Morgan fingerprint density at radius 1 is 0.778 bits per heavy atom. The number of aromatic hydroxyl groups is 1. The minimum absolute atomic E-state index is 0.0372. The van der Waals surface area contributed by atoms with Crippen molar-refractivity contribution < 1.29 is 19.8 Å². The number of aryl methyl sites for hydroxylation is 2. The number of hydrogen-bond acceptors (Lipinski definition) is 4. The van der Waals surface area contributed by atoms with Crippen LogP contribution in [0.4, 0.5) is 11.4 Å². The highest BCUT2D eigenvalue weighted by Gasteiger charge is 2.20. The third-order valence-corrected chi connectivity index (χ3v) is 4.44. The van der Waals surface area contributed by atoms with Gasteiger partial charge in [-0.2, -0.15) is 0 Å². The van der Waals surface area contributed by atoms with E-state index in [1.165, 1.54) is 29.8 Å². The molecule has 0 atom stereocenters. The van der Waals surface area contributed by atoms with Crippen molar-refractivity contribution in [2.75, 3.05) is 5.32 Å². The molecule has 3 aromatic carbocycles. The number of carbonyl (C=O) groups excluding carboxylic acids is 1. The van der Waals surface area contributed by atoms with E-state index >= 15 is 0 Å². The molecule has 0 aliphatic heterocycles. The maximum Gasteiger partial charge on any atom is 0.336 e. The van der Waals surface area contributed by atoms with Crippen LogP contribution < -0.4 is 5.32 Å². The zero-order chi connectivity index (χ0) is 19.6. The molecule has 0 radical (unpaired) electrons. The molecule has 0 fully saturated rings. The molecular weight excluding hydrogens is 342 g/mol. The first kappa shape index (κ1) is 18.2. The lowest BCUT2D eigenvalue weighted by Gasteiger charge is -2.11. The summed E-state index contributed by atoms with van der Waals surface area (Å²) in [6.45, 7) is 4.04. The number of hydrogen-bond donors (Lipinski definition) is 3. The van der Waals surface area contributed by atoms with Crippen LogP contribution in [0.3, 0.4) is 0 Å². The fourth-order valence-electron chi connectivity index (χ4n) is 2.80. The second-order valence-corrected chi connectivity index (χ2v) is 6.34. The molecule has 27 heavy (non-hydrogen) atoms. The maximum atomic E-state index is 12.7. The van der Waals surface area contributed by atoms with Crippen molar-refractivity contribution in [3.05, 3.63) is 88.5 Å². The molecule has 0 aromatic heterocycles. The summed E-state index contributed by atoms with van der Waals surface area (Å²) in [5.74, 6) is -1.94. The van der Waals surface area contributed by atoms with Gasteiger partial charge in [0, 0.05) is 23.0 Å². The Bertz CT molecular complexity index is 1040. The third-order valence-electron chi connectivity index (χ3n) is 4.44. The molecule has 3 rings (SSSR count). The molecule has 0 saturated carbocycles. The average Bonchev–Trinajstić information content (AvgIpc) is 2.64. The highest BCUT2D eigenvalue weighted by atomic mass is 16.4. The van der Waals surface area contributed by atoms with Gasteiger partial charge < -0.3 is 15.5 Å². The number of aromatic carboxylic acids is 1. The summed E-state index contributed by atoms with van der Waals surface area (Å²) < 4.78 is 0. The first-order valence-corrected chi connectivity index (χ1v) is 8.41. The molecule has 0 spiro atoms. The fraction of sp³-hybridized carbons (Fsp3) is 0.0909. The van der Waals surface area contributed by atoms with Crippen molar-refractivity contribution in [1.29, 1.82) is 0 Å². The monoisotopic (exact) mass is 361 g/mol. The summed E-state index contributed by atoms with van der Waals surface area (Å²) in [4.78, 5) is 24.0. The normalized spacial score (nSPS) is 10.4. The van der Waals surface area contributed by atoms with E-state index in [0.717, 1.165) is 11.3 Å².